The van der Waals surface area contributed by atoms with Crippen LogP contribution in [0.5, 0.6) is 0 Å². The van der Waals surface area contributed by atoms with Gasteiger partial charge in [-0.1, -0.05) is 6.07 Å². The minimum absolute atomic E-state index is 0.0865. The number of hydrogen-bond acceptors (Lipinski definition) is 4. The summed E-state index contributed by atoms with van der Waals surface area (Å²) in [5, 5.41) is 3.08. The van der Waals surface area contributed by atoms with Gasteiger partial charge in [0.1, 0.15) is 5.65 Å². The van der Waals surface area contributed by atoms with E-state index in [9.17, 15) is 4.79 Å². The molecule has 1 N–H and O–H groups in total. The first-order valence-corrected chi connectivity index (χ1v) is 9.03. The third-order valence-electron chi connectivity index (χ3n) is 4.63. The molecule has 1 amide bonds. The number of rotatable bonds is 4. The van der Waals surface area contributed by atoms with Crippen LogP contribution in [-0.4, -0.2) is 62.9 Å². The number of imidazole rings is 1. The van der Waals surface area contributed by atoms with Gasteiger partial charge in [0.05, 0.1) is 11.7 Å². The first-order valence-electron chi connectivity index (χ1n) is 9.03. The van der Waals surface area contributed by atoms with Gasteiger partial charge in [-0.25, -0.2) is 4.98 Å². The number of carbonyl (C=O) groups is 1. The number of piperazine rings is 1. The van der Waals surface area contributed by atoms with Crippen molar-refractivity contribution in [3.05, 3.63) is 36.3 Å². The molecule has 0 aromatic carbocycles. The highest BCUT2D eigenvalue weighted by Crippen LogP contribution is 2.12. The van der Waals surface area contributed by atoms with Crippen LogP contribution in [0, 0.1) is 0 Å². The van der Waals surface area contributed by atoms with Crippen molar-refractivity contribution in [2.45, 2.75) is 45.8 Å². The quantitative estimate of drug-likeness (QED) is 0.919. The van der Waals surface area contributed by atoms with Gasteiger partial charge in [0.15, 0.2) is 0 Å². The average Bonchev–Trinajstić information content (AvgIpc) is 2.95. The normalized spacial score (nSPS) is 18.4. The lowest BCUT2D eigenvalue weighted by molar-refractivity contribution is -0.128. The smallest absolute Gasteiger partial charge is 0.237 e. The monoisotopic (exact) mass is 343 g/mol. The summed E-state index contributed by atoms with van der Waals surface area (Å²) < 4.78 is 2.06. The van der Waals surface area contributed by atoms with E-state index in [1.165, 1.54) is 0 Å². The highest BCUT2D eigenvalue weighted by atomic mass is 16.2. The third kappa shape index (κ3) is 4.58. The van der Waals surface area contributed by atoms with E-state index < -0.39 is 0 Å². The number of nitrogens with one attached hydrogen (secondary N) is 1. The van der Waals surface area contributed by atoms with Gasteiger partial charge in [-0.3, -0.25) is 14.6 Å². The number of nitrogens with zero attached hydrogens (tertiary/aromatic N) is 4. The van der Waals surface area contributed by atoms with Crippen LogP contribution in [0.2, 0.25) is 0 Å². The molecule has 0 saturated carbocycles. The summed E-state index contributed by atoms with van der Waals surface area (Å²) >= 11 is 0. The summed E-state index contributed by atoms with van der Waals surface area (Å²) in [5.74, 6) is 0.112. The summed E-state index contributed by atoms with van der Waals surface area (Å²) in [6.45, 7) is 12.6. The van der Waals surface area contributed by atoms with Crippen LogP contribution in [0.15, 0.2) is 30.6 Å². The van der Waals surface area contributed by atoms with Crippen LogP contribution in [0.25, 0.3) is 5.65 Å². The Balaban J connectivity index is 1.52. The van der Waals surface area contributed by atoms with Crippen molar-refractivity contribution in [2.24, 2.45) is 0 Å². The Hall–Kier alpha value is -1.92. The zero-order chi connectivity index (χ0) is 18.0. The predicted octanol–water partition coefficient (Wildman–Crippen LogP) is 1.76. The van der Waals surface area contributed by atoms with E-state index in [0.717, 1.165) is 44.1 Å². The van der Waals surface area contributed by atoms with E-state index in [1.54, 1.807) is 0 Å². The average molecular weight is 343 g/mol. The first-order chi connectivity index (χ1) is 11.8. The van der Waals surface area contributed by atoms with Crippen molar-refractivity contribution in [3.63, 3.8) is 0 Å². The molecule has 2 aromatic rings. The Morgan fingerprint density at radius 2 is 1.96 bits per heavy atom. The standard InChI is InChI=1S/C19H29N5O/c1-15(18(25)21-19(2,3)4)23-11-9-22(10-12-23)13-16-14-24-8-6-5-7-17(24)20-16/h5-8,14-15H,9-13H2,1-4H3,(H,21,25). The second-order valence-corrected chi connectivity index (χ2v) is 7.93. The molecule has 1 unspecified atom stereocenters. The molecule has 0 spiro atoms. The van der Waals surface area contributed by atoms with Crippen LogP contribution in [0.1, 0.15) is 33.4 Å². The minimum Gasteiger partial charge on any atom is -0.350 e. The molecule has 0 bridgehead atoms. The number of amides is 1. The van der Waals surface area contributed by atoms with Crippen molar-refractivity contribution in [3.8, 4) is 0 Å². The predicted molar refractivity (Wildman–Crippen MR) is 99.4 cm³/mol. The summed E-state index contributed by atoms with van der Waals surface area (Å²) in [7, 11) is 0. The van der Waals surface area contributed by atoms with Crippen molar-refractivity contribution < 1.29 is 4.79 Å². The van der Waals surface area contributed by atoms with Gasteiger partial charge in [0, 0.05) is 50.7 Å². The molecule has 0 radical (unpaired) electrons. The third-order valence-corrected chi connectivity index (χ3v) is 4.63. The molecular weight excluding hydrogens is 314 g/mol. The Kier molecular flexibility index (Phi) is 5.11. The molecule has 0 aliphatic carbocycles. The van der Waals surface area contributed by atoms with Gasteiger partial charge in [-0.15, -0.1) is 0 Å². The molecule has 6 heteroatoms. The molecule has 6 nitrogen and oxygen atoms in total. The molecule has 3 rings (SSSR count). The lowest BCUT2D eigenvalue weighted by Gasteiger charge is -2.38. The summed E-state index contributed by atoms with van der Waals surface area (Å²) in [5.41, 5.74) is 1.90. The lowest BCUT2D eigenvalue weighted by Crippen LogP contribution is -2.56. The molecule has 1 saturated heterocycles. The number of carbonyl (C=O) groups excluding carboxylic acids is 1. The van der Waals surface area contributed by atoms with Gasteiger partial charge >= 0.3 is 0 Å². The molecular formula is C19H29N5O. The molecule has 1 atom stereocenters. The van der Waals surface area contributed by atoms with Crippen LogP contribution in [0.3, 0.4) is 0 Å². The molecule has 25 heavy (non-hydrogen) atoms. The van der Waals surface area contributed by atoms with Crippen LogP contribution < -0.4 is 5.32 Å². The van der Waals surface area contributed by atoms with Crippen LogP contribution >= 0.6 is 0 Å². The molecule has 1 fully saturated rings. The van der Waals surface area contributed by atoms with E-state index in [2.05, 4.69) is 30.7 Å². The van der Waals surface area contributed by atoms with Crippen molar-refractivity contribution in [1.82, 2.24) is 24.5 Å². The highest BCUT2D eigenvalue weighted by Gasteiger charge is 2.27. The topological polar surface area (TPSA) is 52.9 Å². The number of pyridine rings is 1. The maximum Gasteiger partial charge on any atom is 0.237 e. The van der Waals surface area contributed by atoms with Crippen molar-refractivity contribution >= 4 is 11.6 Å². The fraction of sp³-hybridized carbons (Fsp3) is 0.579. The van der Waals surface area contributed by atoms with Gasteiger partial charge in [0.2, 0.25) is 5.91 Å². The lowest BCUT2D eigenvalue weighted by atomic mass is 10.1. The second-order valence-electron chi connectivity index (χ2n) is 7.93. The largest absolute Gasteiger partial charge is 0.350 e. The van der Waals surface area contributed by atoms with E-state index >= 15 is 0 Å². The fourth-order valence-corrected chi connectivity index (χ4v) is 3.24. The Labute approximate surface area is 149 Å². The molecule has 3 heterocycles. The van der Waals surface area contributed by atoms with Crippen LogP contribution in [0.4, 0.5) is 0 Å². The summed E-state index contributed by atoms with van der Waals surface area (Å²) in [6, 6.07) is 5.96. The van der Waals surface area contributed by atoms with Gasteiger partial charge < -0.3 is 9.72 Å². The van der Waals surface area contributed by atoms with Crippen molar-refractivity contribution in [2.75, 3.05) is 26.2 Å². The zero-order valence-corrected chi connectivity index (χ0v) is 15.7. The fourth-order valence-electron chi connectivity index (χ4n) is 3.24. The van der Waals surface area contributed by atoms with Crippen molar-refractivity contribution in [1.29, 1.82) is 0 Å². The second kappa shape index (κ2) is 7.14. The maximum absolute atomic E-state index is 12.4. The zero-order valence-electron chi connectivity index (χ0n) is 15.7. The molecule has 2 aromatic heterocycles. The number of hydrogen-bond donors (Lipinski definition) is 1. The first kappa shape index (κ1) is 17.9. The molecule has 1 aliphatic rings. The number of aromatic nitrogens is 2. The van der Waals surface area contributed by atoms with Gasteiger partial charge in [-0.05, 0) is 39.8 Å². The number of fused-ring (bicyclic) bond motifs is 1. The summed E-state index contributed by atoms with van der Waals surface area (Å²) in [6.07, 6.45) is 4.13. The minimum atomic E-state index is -0.184. The van der Waals surface area contributed by atoms with E-state index in [4.69, 9.17) is 0 Å². The molecule has 136 valence electrons. The van der Waals surface area contributed by atoms with E-state index in [0.29, 0.717) is 0 Å². The van der Waals surface area contributed by atoms with Gasteiger partial charge in [0.25, 0.3) is 0 Å². The van der Waals surface area contributed by atoms with Crippen LogP contribution in [-0.2, 0) is 11.3 Å². The Morgan fingerprint density at radius 3 is 2.60 bits per heavy atom. The maximum atomic E-state index is 12.4. The Bertz CT molecular complexity index is 692. The summed E-state index contributed by atoms with van der Waals surface area (Å²) in [4.78, 5) is 21.7. The SMILES string of the molecule is CC(C(=O)NC(C)(C)C)N1CCN(Cc2cn3ccccc3n2)CC1. The van der Waals surface area contributed by atoms with Gasteiger partial charge in [-0.2, -0.15) is 0 Å². The Morgan fingerprint density at radius 1 is 1.24 bits per heavy atom. The molecule has 1 aliphatic heterocycles. The highest BCUT2D eigenvalue weighted by molar-refractivity contribution is 5.81. The van der Waals surface area contributed by atoms with E-state index in [1.807, 2.05) is 52.1 Å². The van der Waals surface area contributed by atoms with E-state index in [-0.39, 0.29) is 17.5 Å².